The maximum absolute atomic E-state index is 5.75. The van der Waals surface area contributed by atoms with Gasteiger partial charge in [0.1, 0.15) is 11.3 Å². The van der Waals surface area contributed by atoms with E-state index in [2.05, 4.69) is 20.9 Å². The van der Waals surface area contributed by atoms with Gasteiger partial charge in [-0.1, -0.05) is 15.9 Å². The van der Waals surface area contributed by atoms with E-state index in [0.29, 0.717) is 0 Å². The van der Waals surface area contributed by atoms with Crippen molar-refractivity contribution in [1.29, 1.82) is 0 Å². The molecule has 0 radical (unpaired) electrons. The number of benzene rings is 1. The van der Waals surface area contributed by atoms with Crippen LogP contribution in [-0.4, -0.2) is 4.98 Å². The molecule has 0 saturated carbocycles. The Kier molecular flexibility index (Phi) is 2.33. The predicted molar refractivity (Wildman–Crippen MR) is 69.8 cm³/mol. The predicted octanol–water partition coefficient (Wildman–Crippen LogP) is 4.63. The second kappa shape index (κ2) is 3.71. The highest BCUT2D eigenvalue weighted by Crippen LogP contribution is 2.30. The van der Waals surface area contributed by atoms with Crippen LogP contribution in [0.2, 0.25) is 0 Å². The summed E-state index contributed by atoms with van der Waals surface area (Å²) in [5, 5.41) is 4.16. The fourth-order valence-corrected chi connectivity index (χ4v) is 2.60. The lowest BCUT2D eigenvalue weighted by Crippen LogP contribution is -1.72. The van der Waals surface area contributed by atoms with E-state index in [1.807, 2.05) is 36.6 Å². The molecule has 0 unspecified atom stereocenters. The molecule has 0 fully saturated rings. The molecule has 2 aromatic heterocycles. The molecule has 1 aromatic carbocycles. The number of halogens is 1. The van der Waals surface area contributed by atoms with Gasteiger partial charge in [0.05, 0.1) is 5.01 Å². The van der Waals surface area contributed by atoms with Crippen LogP contribution < -0.4 is 0 Å². The van der Waals surface area contributed by atoms with Gasteiger partial charge >= 0.3 is 0 Å². The molecule has 0 saturated heterocycles. The molecular weight excluding hydrogens is 286 g/mol. The minimum Gasteiger partial charge on any atom is -0.454 e. The maximum atomic E-state index is 5.75. The van der Waals surface area contributed by atoms with Gasteiger partial charge in [-0.05, 0) is 31.2 Å². The van der Waals surface area contributed by atoms with Gasteiger partial charge < -0.3 is 4.42 Å². The number of thiazole rings is 1. The summed E-state index contributed by atoms with van der Waals surface area (Å²) in [5.41, 5.74) is 1.80. The summed E-state index contributed by atoms with van der Waals surface area (Å²) >= 11 is 5.08. The smallest absolute Gasteiger partial charge is 0.154 e. The third-order valence-corrected chi connectivity index (χ3v) is 3.62. The molecule has 3 rings (SSSR count). The standard InChI is InChI=1S/C12H8BrNOS/c1-7-14-10(6-16-7)12-5-8-4-9(13)2-3-11(8)15-12/h2-6H,1H3. The van der Waals surface area contributed by atoms with Crippen molar-refractivity contribution in [3.8, 4) is 11.5 Å². The van der Waals surface area contributed by atoms with Gasteiger partial charge in [-0.2, -0.15) is 0 Å². The average molecular weight is 294 g/mol. The Morgan fingerprint density at radius 3 is 2.94 bits per heavy atom. The third-order valence-electron chi connectivity index (χ3n) is 2.35. The van der Waals surface area contributed by atoms with Crippen molar-refractivity contribution in [1.82, 2.24) is 4.98 Å². The summed E-state index contributed by atoms with van der Waals surface area (Å²) in [6.45, 7) is 1.99. The number of rotatable bonds is 1. The van der Waals surface area contributed by atoms with Gasteiger partial charge in [-0.25, -0.2) is 4.98 Å². The van der Waals surface area contributed by atoms with Gasteiger partial charge in [-0.15, -0.1) is 11.3 Å². The second-order valence-corrected chi connectivity index (χ2v) is 5.52. The molecule has 0 spiro atoms. The van der Waals surface area contributed by atoms with Gasteiger partial charge in [0.25, 0.3) is 0 Å². The van der Waals surface area contributed by atoms with Crippen LogP contribution in [0.4, 0.5) is 0 Å². The van der Waals surface area contributed by atoms with Crippen LogP contribution in [0, 0.1) is 6.92 Å². The summed E-state index contributed by atoms with van der Waals surface area (Å²) in [6, 6.07) is 8.00. The van der Waals surface area contributed by atoms with Crippen molar-refractivity contribution < 1.29 is 4.42 Å². The molecular formula is C12H8BrNOS. The number of furan rings is 1. The number of nitrogens with zero attached hydrogens (tertiary/aromatic N) is 1. The Bertz CT molecular complexity index is 656. The van der Waals surface area contributed by atoms with E-state index in [9.17, 15) is 0 Å². The first-order valence-electron chi connectivity index (χ1n) is 4.84. The monoisotopic (exact) mass is 293 g/mol. The number of fused-ring (bicyclic) bond motifs is 1. The van der Waals surface area contributed by atoms with Crippen molar-refractivity contribution in [3.05, 3.63) is 39.1 Å². The molecule has 0 bridgehead atoms. The Morgan fingerprint density at radius 2 is 2.19 bits per heavy atom. The Labute approximate surface area is 105 Å². The molecule has 0 atom stereocenters. The number of aryl methyl sites for hydroxylation is 1. The summed E-state index contributed by atoms with van der Waals surface area (Å²) in [7, 11) is 0. The molecule has 0 N–H and O–H groups in total. The van der Waals surface area contributed by atoms with E-state index >= 15 is 0 Å². The molecule has 0 aliphatic carbocycles. The highest BCUT2D eigenvalue weighted by Gasteiger charge is 2.08. The quantitative estimate of drug-likeness (QED) is 0.654. The van der Waals surface area contributed by atoms with Gasteiger partial charge in [0.15, 0.2) is 5.76 Å². The normalized spacial score (nSPS) is 11.1. The molecule has 2 heterocycles. The summed E-state index contributed by atoms with van der Waals surface area (Å²) < 4.78 is 6.80. The van der Waals surface area contributed by atoms with Crippen LogP contribution in [-0.2, 0) is 0 Å². The van der Waals surface area contributed by atoms with Crippen molar-refractivity contribution in [2.45, 2.75) is 6.92 Å². The summed E-state index contributed by atoms with van der Waals surface area (Å²) in [5.74, 6) is 0.831. The van der Waals surface area contributed by atoms with E-state index in [1.54, 1.807) is 11.3 Å². The SMILES string of the molecule is Cc1nc(-c2cc3cc(Br)ccc3o2)cs1. The second-order valence-electron chi connectivity index (χ2n) is 3.54. The minimum atomic E-state index is 0.831. The lowest BCUT2D eigenvalue weighted by atomic mass is 10.2. The zero-order valence-electron chi connectivity index (χ0n) is 8.53. The first-order valence-corrected chi connectivity index (χ1v) is 6.51. The van der Waals surface area contributed by atoms with E-state index in [4.69, 9.17) is 4.42 Å². The lowest BCUT2D eigenvalue weighted by Gasteiger charge is -1.88. The van der Waals surface area contributed by atoms with Crippen molar-refractivity contribution in [2.24, 2.45) is 0 Å². The molecule has 0 aliphatic rings. The molecule has 16 heavy (non-hydrogen) atoms. The largest absolute Gasteiger partial charge is 0.454 e. The van der Waals surface area contributed by atoms with Crippen LogP contribution >= 0.6 is 27.3 Å². The van der Waals surface area contributed by atoms with Crippen LogP contribution in [0.25, 0.3) is 22.4 Å². The average Bonchev–Trinajstić information content (AvgIpc) is 2.83. The summed E-state index contributed by atoms with van der Waals surface area (Å²) in [6.07, 6.45) is 0. The molecule has 2 nitrogen and oxygen atoms in total. The van der Waals surface area contributed by atoms with Crippen LogP contribution in [0.5, 0.6) is 0 Å². The zero-order valence-corrected chi connectivity index (χ0v) is 10.9. The Morgan fingerprint density at radius 1 is 1.31 bits per heavy atom. The number of hydrogen-bond donors (Lipinski definition) is 0. The van der Waals surface area contributed by atoms with E-state index in [1.165, 1.54) is 0 Å². The Hall–Kier alpha value is -1.13. The van der Waals surface area contributed by atoms with E-state index < -0.39 is 0 Å². The van der Waals surface area contributed by atoms with Crippen LogP contribution in [0.3, 0.4) is 0 Å². The highest BCUT2D eigenvalue weighted by molar-refractivity contribution is 9.10. The fourth-order valence-electron chi connectivity index (χ4n) is 1.62. The molecule has 0 amide bonds. The van der Waals surface area contributed by atoms with Gasteiger partial charge in [-0.3, -0.25) is 0 Å². The molecule has 80 valence electrons. The molecule has 0 aliphatic heterocycles. The Balaban J connectivity index is 2.18. The fraction of sp³-hybridized carbons (Fsp3) is 0.0833. The number of hydrogen-bond acceptors (Lipinski definition) is 3. The first kappa shape index (κ1) is 10.1. The van der Waals surface area contributed by atoms with Crippen molar-refractivity contribution in [2.75, 3.05) is 0 Å². The lowest BCUT2D eigenvalue weighted by molar-refractivity contribution is 0.629. The summed E-state index contributed by atoms with van der Waals surface area (Å²) in [4.78, 5) is 4.41. The van der Waals surface area contributed by atoms with E-state index in [0.717, 1.165) is 31.9 Å². The number of aromatic nitrogens is 1. The maximum Gasteiger partial charge on any atom is 0.154 e. The van der Waals surface area contributed by atoms with Crippen LogP contribution in [0.15, 0.2) is 38.5 Å². The van der Waals surface area contributed by atoms with Gasteiger partial charge in [0, 0.05) is 15.2 Å². The minimum absolute atomic E-state index is 0.831. The first-order chi connectivity index (χ1) is 7.72. The topological polar surface area (TPSA) is 26.0 Å². The third kappa shape index (κ3) is 1.68. The molecule has 3 aromatic rings. The molecule has 4 heteroatoms. The van der Waals surface area contributed by atoms with Crippen LogP contribution in [0.1, 0.15) is 5.01 Å². The van der Waals surface area contributed by atoms with E-state index in [-0.39, 0.29) is 0 Å². The van der Waals surface area contributed by atoms with Crippen molar-refractivity contribution in [3.63, 3.8) is 0 Å². The van der Waals surface area contributed by atoms with Crippen molar-refractivity contribution >= 4 is 38.2 Å². The van der Waals surface area contributed by atoms with Gasteiger partial charge in [0.2, 0.25) is 0 Å². The zero-order chi connectivity index (χ0) is 11.1. The highest BCUT2D eigenvalue weighted by atomic mass is 79.9.